The van der Waals surface area contributed by atoms with Crippen molar-refractivity contribution in [3.05, 3.63) is 74.9 Å². The summed E-state index contributed by atoms with van der Waals surface area (Å²) in [5, 5.41) is 14.0. The van der Waals surface area contributed by atoms with Gasteiger partial charge in [-0.05, 0) is 23.3 Å². The molecule has 7 heteroatoms. The number of benzene rings is 2. The summed E-state index contributed by atoms with van der Waals surface area (Å²) in [7, 11) is 1.93. The Morgan fingerprint density at radius 2 is 2.00 bits per heavy atom. The summed E-state index contributed by atoms with van der Waals surface area (Å²) in [4.78, 5) is 14.8. The number of hydrogen-bond donors (Lipinski definition) is 1. The normalized spacial score (nSPS) is 10.6. The first kappa shape index (κ1) is 16.2. The Balaban J connectivity index is 1.76. The molecule has 3 rings (SSSR count). The highest BCUT2D eigenvalue weighted by Gasteiger charge is 2.09. The van der Waals surface area contributed by atoms with E-state index < -0.39 is 4.92 Å². The molecule has 122 valence electrons. The average molecular weight is 387 g/mol. The summed E-state index contributed by atoms with van der Waals surface area (Å²) >= 11 is 3.43. The molecule has 0 aliphatic heterocycles. The quantitative estimate of drug-likeness (QED) is 0.521. The van der Waals surface area contributed by atoms with Crippen molar-refractivity contribution in [2.24, 2.45) is 7.05 Å². The van der Waals surface area contributed by atoms with Crippen LogP contribution in [-0.4, -0.2) is 14.5 Å². The van der Waals surface area contributed by atoms with Crippen LogP contribution in [-0.2, 0) is 13.6 Å². The van der Waals surface area contributed by atoms with Crippen LogP contribution in [0.1, 0.15) is 5.56 Å². The third-order valence-electron chi connectivity index (χ3n) is 3.70. The fraction of sp³-hybridized carbons (Fsp3) is 0.118. The molecule has 0 saturated carbocycles. The lowest BCUT2D eigenvalue weighted by atomic mass is 10.2. The van der Waals surface area contributed by atoms with Crippen LogP contribution in [0.25, 0.3) is 11.3 Å². The molecule has 0 aliphatic carbocycles. The second-order valence-corrected chi connectivity index (χ2v) is 6.23. The Morgan fingerprint density at radius 1 is 1.25 bits per heavy atom. The van der Waals surface area contributed by atoms with Gasteiger partial charge in [0.25, 0.3) is 5.69 Å². The fourth-order valence-corrected chi connectivity index (χ4v) is 2.69. The van der Waals surface area contributed by atoms with E-state index in [0.717, 1.165) is 21.3 Å². The molecule has 0 aliphatic rings. The van der Waals surface area contributed by atoms with E-state index in [4.69, 9.17) is 0 Å². The number of nitro benzene ring substituents is 1. The summed E-state index contributed by atoms with van der Waals surface area (Å²) < 4.78 is 2.98. The minimum Gasteiger partial charge on any atom is -0.352 e. The third kappa shape index (κ3) is 3.46. The molecular weight excluding hydrogens is 372 g/mol. The zero-order valence-corrected chi connectivity index (χ0v) is 14.5. The van der Waals surface area contributed by atoms with Crippen molar-refractivity contribution in [1.29, 1.82) is 0 Å². The van der Waals surface area contributed by atoms with Crippen LogP contribution in [0.15, 0.2) is 59.2 Å². The Labute approximate surface area is 147 Å². The number of nitro groups is 1. The van der Waals surface area contributed by atoms with Gasteiger partial charge in [0.15, 0.2) is 0 Å². The second-order valence-electron chi connectivity index (χ2n) is 5.31. The summed E-state index contributed by atoms with van der Waals surface area (Å²) in [6.45, 7) is 0.465. The molecule has 1 heterocycles. The van der Waals surface area contributed by atoms with Crippen LogP contribution in [0, 0.1) is 10.1 Å². The number of halogens is 1. The Kier molecular flexibility index (Phi) is 4.61. The van der Waals surface area contributed by atoms with Crippen LogP contribution in [0.5, 0.6) is 0 Å². The van der Waals surface area contributed by atoms with Gasteiger partial charge in [0.1, 0.15) is 0 Å². The van der Waals surface area contributed by atoms with Gasteiger partial charge in [-0.3, -0.25) is 10.1 Å². The highest BCUT2D eigenvalue weighted by Crippen LogP contribution is 2.24. The zero-order valence-electron chi connectivity index (χ0n) is 12.9. The van der Waals surface area contributed by atoms with Gasteiger partial charge < -0.3 is 9.88 Å². The van der Waals surface area contributed by atoms with Gasteiger partial charge >= 0.3 is 0 Å². The van der Waals surface area contributed by atoms with Crippen molar-refractivity contribution in [2.75, 3.05) is 5.32 Å². The van der Waals surface area contributed by atoms with Crippen LogP contribution < -0.4 is 5.32 Å². The van der Waals surface area contributed by atoms with Crippen molar-refractivity contribution in [2.45, 2.75) is 6.54 Å². The Morgan fingerprint density at radius 3 is 2.71 bits per heavy atom. The molecule has 1 aromatic heterocycles. The summed E-state index contributed by atoms with van der Waals surface area (Å²) in [6, 6.07) is 14.6. The highest BCUT2D eigenvalue weighted by atomic mass is 79.9. The molecule has 0 unspecified atom stereocenters. The SMILES string of the molecule is Cn1c(-c2ccc(Br)cc2)cnc1NCc1cccc([N+](=O)[O-])c1. The van der Waals surface area contributed by atoms with E-state index >= 15 is 0 Å². The van der Waals surface area contributed by atoms with Gasteiger partial charge in [-0.2, -0.15) is 0 Å². The van der Waals surface area contributed by atoms with Crippen molar-refractivity contribution >= 4 is 27.6 Å². The largest absolute Gasteiger partial charge is 0.352 e. The maximum atomic E-state index is 10.8. The van der Waals surface area contributed by atoms with E-state index in [9.17, 15) is 10.1 Å². The van der Waals surface area contributed by atoms with Gasteiger partial charge in [-0.15, -0.1) is 0 Å². The van der Waals surface area contributed by atoms with Crippen LogP contribution in [0.4, 0.5) is 11.6 Å². The van der Waals surface area contributed by atoms with Gasteiger partial charge in [0, 0.05) is 30.2 Å². The van der Waals surface area contributed by atoms with Crippen LogP contribution >= 0.6 is 15.9 Å². The van der Waals surface area contributed by atoms with Crippen molar-refractivity contribution in [1.82, 2.24) is 9.55 Å². The first-order valence-electron chi connectivity index (χ1n) is 7.29. The molecule has 2 aromatic carbocycles. The number of imidazole rings is 1. The molecule has 24 heavy (non-hydrogen) atoms. The van der Waals surface area contributed by atoms with E-state index in [-0.39, 0.29) is 5.69 Å². The van der Waals surface area contributed by atoms with Crippen molar-refractivity contribution in [3.8, 4) is 11.3 Å². The zero-order chi connectivity index (χ0) is 17.1. The lowest BCUT2D eigenvalue weighted by Crippen LogP contribution is -2.06. The van der Waals surface area contributed by atoms with Crippen molar-refractivity contribution in [3.63, 3.8) is 0 Å². The minimum absolute atomic E-state index is 0.0877. The van der Waals surface area contributed by atoms with Crippen LogP contribution in [0.3, 0.4) is 0 Å². The first-order chi connectivity index (χ1) is 11.5. The second kappa shape index (κ2) is 6.84. The predicted octanol–water partition coefficient (Wildman–Crippen LogP) is 4.37. The average Bonchev–Trinajstić information content (AvgIpc) is 2.95. The van der Waals surface area contributed by atoms with Crippen LogP contribution in [0.2, 0.25) is 0 Å². The van der Waals surface area contributed by atoms with Gasteiger partial charge in [0.2, 0.25) is 5.95 Å². The molecule has 6 nitrogen and oxygen atoms in total. The predicted molar refractivity (Wildman–Crippen MR) is 96.8 cm³/mol. The number of aromatic nitrogens is 2. The topological polar surface area (TPSA) is 73.0 Å². The Hall–Kier alpha value is -2.67. The first-order valence-corrected chi connectivity index (χ1v) is 8.09. The number of nitrogens with zero attached hydrogens (tertiary/aromatic N) is 3. The standard InChI is InChI=1S/C17H15BrN4O2/c1-21-16(13-5-7-14(18)8-6-13)11-20-17(21)19-10-12-3-2-4-15(9-12)22(23)24/h2-9,11H,10H2,1H3,(H,19,20). The number of nitrogens with one attached hydrogen (secondary N) is 1. The molecule has 1 N–H and O–H groups in total. The molecule has 0 amide bonds. The van der Waals surface area contributed by atoms with E-state index in [2.05, 4.69) is 26.2 Å². The molecule has 0 radical (unpaired) electrons. The number of hydrogen-bond acceptors (Lipinski definition) is 4. The summed E-state index contributed by atoms with van der Waals surface area (Å²) in [6.07, 6.45) is 1.80. The minimum atomic E-state index is -0.393. The maximum absolute atomic E-state index is 10.8. The Bertz CT molecular complexity index is 875. The molecular formula is C17H15BrN4O2. The molecule has 0 atom stereocenters. The van der Waals surface area contributed by atoms with E-state index in [1.807, 2.05) is 41.9 Å². The molecule has 0 saturated heterocycles. The van der Waals surface area contributed by atoms with E-state index in [1.54, 1.807) is 18.3 Å². The van der Waals surface area contributed by atoms with E-state index in [1.165, 1.54) is 6.07 Å². The fourth-order valence-electron chi connectivity index (χ4n) is 2.42. The lowest BCUT2D eigenvalue weighted by molar-refractivity contribution is -0.384. The van der Waals surface area contributed by atoms with Gasteiger partial charge in [0.05, 0.1) is 16.8 Å². The smallest absolute Gasteiger partial charge is 0.269 e. The van der Waals surface area contributed by atoms with Gasteiger partial charge in [-0.25, -0.2) is 4.98 Å². The number of non-ortho nitro benzene ring substituents is 1. The monoisotopic (exact) mass is 386 g/mol. The number of rotatable bonds is 5. The van der Waals surface area contributed by atoms with E-state index in [0.29, 0.717) is 12.5 Å². The highest BCUT2D eigenvalue weighted by molar-refractivity contribution is 9.10. The maximum Gasteiger partial charge on any atom is 0.269 e. The molecule has 0 bridgehead atoms. The number of anilines is 1. The summed E-state index contributed by atoms with van der Waals surface area (Å²) in [5.74, 6) is 0.708. The molecule has 0 spiro atoms. The molecule has 0 fully saturated rings. The van der Waals surface area contributed by atoms with Crippen molar-refractivity contribution < 1.29 is 4.92 Å². The van der Waals surface area contributed by atoms with Gasteiger partial charge in [-0.1, -0.05) is 40.2 Å². The lowest BCUT2D eigenvalue weighted by Gasteiger charge is -2.08. The molecule has 3 aromatic rings. The summed E-state index contributed by atoms with van der Waals surface area (Å²) in [5.41, 5.74) is 2.97. The third-order valence-corrected chi connectivity index (χ3v) is 4.23.